The number of nitrogens with two attached hydrogens (primary N) is 1. The number of aromatic nitrogens is 3. The first kappa shape index (κ1) is 13.1. The highest BCUT2D eigenvalue weighted by molar-refractivity contribution is 5.63. The molecule has 0 aliphatic carbocycles. The number of nitrogens with zero attached hydrogens (tertiary/aromatic N) is 3. The molecular weight excluding hydrogens is 261 g/mol. The van der Waals surface area contributed by atoms with Crippen molar-refractivity contribution in [1.29, 1.82) is 0 Å². The Hall–Kier alpha value is -2.38. The molecule has 0 aliphatic heterocycles. The van der Waals surface area contributed by atoms with Crippen molar-refractivity contribution in [2.24, 2.45) is 0 Å². The highest BCUT2D eigenvalue weighted by atomic mass is 19.4. The van der Waals surface area contributed by atoms with E-state index < -0.39 is 11.7 Å². The fourth-order valence-electron chi connectivity index (χ4n) is 1.54. The Bertz CT molecular complexity index is 583. The van der Waals surface area contributed by atoms with Gasteiger partial charge < -0.3 is 10.5 Å². The van der Waals surface area contributed by atoms with Gasteiger partial charge in [0.25, 0.3) is 0 Å². The Balaban J connectivity index is 2.66. The Morgan fingerprint density at radius 3 is 2.42 bits per heavy atom. The molecule has 8 heteroatoms. The summed E-state index contributed by atoms with van der Waals surface area (Å²) in [6.45, 7) is 0. The number of anilines is 1. The van der Waals surface area contributed by atoms with Gasteiger partial charge >= 0.3 is 6.18 Å². The standard InChI is InChI=1S/C11H9F3N4O/c1-19-7-2-3-16-10(9(7)11(12,13)14)6-4-18-8(15)5-17-6/h2-5H,1H3,(H2,15,18). The molecule has 0 unspecified atom stereocenters. The fourth-order valence-corrected chi connectivity index (χ4v) is 1.54. The number of hydrogen-bond donors (Lipinski definition) is 1. The largest absolute Gasteiger partial charge is 0.496 e. The van der Waals surface area contributed by atoms with E-state index in [9.17, 15) is 13.2 Å². The van der Waals surface area contributed by atoms with Gasteiger partial charge in [-0.05, 0) is 6.07 Å². The molecule has 0 bridgehead atoms. The third kappa shape index (κ3) is 2.56. The highest BCUT2D eigenvalue weighted by Crippen LogP contribution is 2.40. The van der Waals surface area contributed by atoms with Gasteiger partial charge in [0.05, 0.1) is 19.5 Å². The number of nitrogen functional groups attached to an aromatic ring is 1. The number of alkyl halides is 3. The minimum Gasteiger partial charge on any atom is -0.496 e. The van der Waals surface area contributed by atoms with E-state index in [2.05, 4.69) is 15.0 Å². The molecule has 2 aromatic rings. The third-order valence-corrected chi connectivity index (χ3v) is 2.33. The van der Waals surface area contributed by atoms with E-state index in [-0.39, 0.29) is 23.0 Å². The van der Waals surface area contributed by atoms with E-state index in [0.29, 0.717) is 0 Å². The summed E-state index contributed by atoms with van der Waals surface area (Å²) in [7, 11) is 1.16. The van der Waals surface area contributed by atoms with Crippen molar-refractivity contribution >= 4 is 5.82 Å². The van der Waals surface area contributed by atoms with Crippen LogP contribution in [0, 0.1) is 0 Å². The molecule has 100 valence electrons. The molecule has 0 radical (unpaired) electrons. The molecule has 2 rings (SSSR count). The lowest BCUT2D eigenvalue weighted by Crippen LogP contribution is -2.11. The van der Waals surface area contributed by atoms with Crippen molar-refractivity contribution in [3.63, 3.8) is 0 Å². The maximum atomic E-state index is 13.1. The van der Waals surface area contributed by atoms with Gasteiger partial charge in [-0.25, -0.2) is 9.97 Å². The van der Waals surface area contributed by atoms with Crippen LogP contribution in [-0.2, 0) is 6.18 Å². The van der Waals surface area contributed by atoms with Crippen LogP contribution < -0.4 is 10.5 Å². The second-order valence-electron chi connectivity index (χ2n) is 3.56. The average molecular weight is 270 g/mol. The van der Waals surface area contributed by atoms with Crippen LogP contribution in [-0.4, -0.2) is 22.1 Å². The molecule has 0 atom stereocenters. The summed E-state index contributed by atoms with van der Waals surface area (Å²) in [4.78, 5) is 11.2. The second kappa shape index (κ2) is 4.71. The lowest BCUT2D eigenvalue weighted by Gasteiger charge is -2.14. The number of hydrogen-bond acceptors (Lipinski definition) is 5. The molecule has 19 heavy (non-hydrogen) atoms. The van der Waals surface area contributed by atoms with Gasteiger partial charge in [0.15, 0.2) is 0 Å². The van der Waals surface area contributed by atoms with E-state index in [0.717, 1.165) is 25.6 Å². The van der Waals surface area contributed by atoms with Gasteiger partial charge in [0, 0.05) is 6.20 Å². The van der Waals surface area contributed by atoms with Crippen LogP contribution in [0.5, 0.6) is 5.75 Å². The lowest BCUT2D eigenvalue weighted by molar-refractivity contribution is -0.138. The first-order valence-corrected chi connectivity index (χ1v) is 5.11. The van der Waals surface area contributed by atoms with Gasteiger partial charge in [-0.2, -0.15) is 13.2 Å². The van der Waals surface area contributed by atoms with Gasteiger partial charge in [-0.15, -0.1) is 0 Å². The number of ether oxygens (including phenoxy) is 1. The molecule has 0 fully saturated rings. The summed E-state index contributed by atoms with van der Waals surface area (Å²) in [5.74, 6) is -0.212. The van der Waals surface area contributed by atoms with Gasteiger partial charge in [0.2, 0.25) is 0 Å². The summed E-state index contributed by atoms with van der Waals surface area (Å²) in [5, 5.41) is 0. The molecule has 0 saturated carbocycles. The van der Waals surface area contributed by atoms with Crippen molar-refractivity contribution < 1.29 is 17.9 Å². The van der Waals surface area contributed by atoms with Gasteiger partial charge in [0.1, 0.15) is 28.5 Å². The molecule has 5 nitrogen and oxygen atoms in total. The first-order chi connectivity index (χ1) is 8.93. The van der Waals surface area contributed by atoms with E-state index in [1.54, 1.807) is 0 Å². The minimum atomic E-state index is -4.61. The lowest BCUT2D eigenvalue weighted by atomic mass is 10.1. The van der Waals surface area contributed by atoms with E-state index in [1.807, 2.05) is 0 Å². The SMILES string of the molecule is COc1ccnc(-c2cnc(N)cn2)c1C(F)(F)F. The van der Waals surface area contributed by atoms with Crippen LogP contribution in [0.1, 0.15) is 5.56 Å². The molecule has 2 N–H and O–H groups in total. The predicted octanol–water partition coefficient (Wildman–Crippen LogP) is 2.15. The number of rotatable bonds is 2. The Labute approximate surface area is 106 Å². The Kier molecular flexibility index (Phi) is 3.24. The van der Waals surface area contributed by atoms with Crippen LogP contribution in [0.15, 0.2) is 24.7 Å². The number of pyridine rings is 1. The zero-order valence-corrected chi connectivity index (χ0v) is 9.77. The summed E-state index contributed by atoms with van der Waals surface area (Å²) in [5.41, 5.74) is 3.98. The quantitative estimate of drug-likeness (QED) is 0.905. The fraction of sp³-hybridized carbons (Fsp3) is 0.182. The van der Waals surface area contributed by atoms with Crippen LogP contribution in [0.3, 0.4) is 0 Å². The topological polar surface area (TPSA) is 73.9 Å². The summed E-state index contributed by atoms with van der Waals surface area (Å²) >= 11 is 0. The zero-order valence-electron chi connectivity index (χ0n) is 9.77. The van der Waals surface area contributed by atoms with Crippen molar-refractivity contribution in [3.05, 3.63) is 30.2 Å². The normalized spacial score (nSPS) is 11.4. The van der Waals surface area contributed by atoms with E-state index in [1.165, 1.54) is 6.20 Å². The van der Waals surface area contributed by atoms with Crippen LogP contribution >= 0.6 is 0 Å². The summed E-state index contributed by atoms with van der Waals surface area (Å²) < 4.78 is 43.9. The molecule has 0 aliphatic rings. The summed E-state index contributed by atoms with van der Waals surface area (Å²) in [6.07, 6.45) is -1.11. The Morgan fingerprint density at radius 1 is 1.16 bits per heavy atom. The van der Waals surface area contributed by atoms with Crippen molar-refractivity contribution in [2.75, 3.05) is 12.8 Å². The van der Waals surface area contributed by atoms with Crippen LogP contribution in [0.25, 0.3) is 11.4 Å². The predicted molar refractivity (Wildman–Crippen MR) is 61.2 cm³/mol. The molecule has 0 saturated heterocycles. The first-order valence-electron chi connectivity index (χ1n) is 5.11. The monoisotopic (exact) mass is 270 g/mol. The summed E-state index contributed by atoms with van der Waals surface area (Å²) in [6, 6.07) is 1.14. The second-order valence-corrected chi connectivity index (χ2v) is 3.56. The maximum absolute atomic E-state index is 13.1. The number of methoxy groups -OCH3 is 1. The molecule has 0 aromatic carbocycles. The van der Waals surface area contributed by atoms with Crippen molar-refractivity contribution in [1.82, 2.24) is 15.0 Å². The van der Waals surface area contributed by atoms with Crippen LogP contribution in [0.4, 0.5) is 19.0 Å². The van der Waals surface area contributed by atoms with E-state index in [4.69, 9.17) is 10.5 Å². The maximum Gasteiger partial charge on any atom is 0.422 e. The number of halogens is 3. The Morgan fingerprint density at radius 2 is 1.89 bits per heavy atom. The third-order valence-electron chi connectivity index (χ3n) is 2.33. The minimum absolute atomic E-state index is 0.0274. The van der Waals surface area contributed by atoms with Crippen molar-refractivity contribution in [3.8, 4) is 17.1 Å². The molecular formula is C11H9F3N4O. The van der Waals surface area contributed by atoms with Crippen molar-refractivity contribution in [2.45, 2.75) is 6.18 Å². The highest BCUT2D eigenvalue weighted by Gasteiger charge is 2.38. The smallest absolute Gasteiger partial charge is 0.422 e. The zero-order chi connectivity index (χ0) is 14.0. The molecule has 2 heterocycles. The van der Waals surface area contributed by atoms with E-state index >= 15 is 0 Å². The van der Waals surface area contributed by atoms with Gasteiger partial charge in [-0.1, -0.05) is 0 Å². The molecule has 0 amide bonds. The molecule has 2 aromatic heterocycles. The van der Waals surface area contributed by atoms with Gasteiger partial charge in [-0.3, -0.25) is 4.98 Å². The van der Waals surface area contributed by atoms with Crippen LogP contribution in [0.2, 0.25) is 0 Å². The molecule has 0 spiro atoms. The average Bonchev–Trinajstić information content (AvgIpc) is 2.37.